The van der Waals surface area contributed by atoms with Gasteiger partial charge < -0.3 is 24.1 Å². The van der Waals surface area contributed by atoms with E-state index in [-0.39, 0.29) is 11.8 Å². The van der Waals surface area contributed by atoms with Crippen LogP contribution in [0.5, 0.6) is 11.5 Å². The number of aromatic nitrogens is 1. The summed E-state index contributed by atoms with van der Waals surface area (Å²) in [6.07, 6.45) is 11.7. The van der Waals surface area contributed by atoms with Crippen LogP contribution in [-0.4, -0.2) is 51.8 Å². The summed E-state index contributed by atoms with van der Waals surface area (Å²) in [5.74, 6) is 2.69. The van der Waals surface area contributed by atoms with Crippen LogP contribution in [0, 0.1) is 0 Å². The zero-order valence-corrected chi connectivity index (χ0v) is 28.4. The number of allylic oxidation sites excluding steroid dienone is 4. The number of benzene rings is 2. The molecule has 0 bridgehead atoms. The molecule has 7 nitrogen and oxygen atoms in total. The van der Waals surface area contributed by atoms with Crippen LogP contribution in [0.25, 0.3) is 16.8 Å². The number of hydrogen-bond donors (Lipinski definition) is 1. The number of rotatable bonds is 15. The molecule has 0 spiro atoms. The number of nitrogens with zero attached hydrogens (tertiary/aromatic N) is 1. The quantitative estimate of drug-likeness (QED) is 0.133. The maximum Gasteiger partial charge on any atom is 0.160 e. The van der Waals surface area contributed by atoms with E-state index < -0.39 is 9.84 Å². The highest BCUT2D eigenvalue weighted by Gasteiger charge is 2.20. The van der Waals surface area contributed by atoms with Crippen LogP contribution in [0.1, 0.15) is 38.8 Å². The van der Waals surface area contributed by atoms with Gasteiger partial charge in [-0.3, -0.25) is 0 Å². The van der Waals surface area contributed by atoms with Crippen LogP contribution in [0.15, 0.2) is 120 Å². The van der Waals surface area contributed by atoms with Gasteiger partial charge in [-0.2, -0.15) is 0 Å². The van der Waals surface area contributed by atoms with E-state index in [1.54, 1.807) is 20.3 Å². The van der Waals surface area contributed by atoms with Crippen LogP contribution >= 0.6 is 0 Å². The van der Waals surface area contributed by atoms with Gasteiger partial charge in [0.05, 0.1) is 20.0 Å². The Labute approximate surface area is 274 Å². The van der Waals surface area contributed by atoms with E-state index in [9.17, 15) is 8.42 Å². The molecular formula is C38H46N2O5S. The number of methoxy groups -OCH3 is 2. The summed E-state index contributed by atoms with van der Waals surface area (Å²) in [5, 5.41) is 3.69. The van der Waals surface area contributed by atoms with Gasteiger partial charge in [0, 0.05) is 35.8 Å². The van der Waals surface area contributed by atoms with Gasteiger partial charge in [-0.15, -0.1) is 0 Å². The highest BCUT2D eigenvalue weighted by molar-refractivity contribution is 7.90. The van der Waals surface area contributed by atoms with Gasteiger partial charge in [0.2, 0.25) is 0 Å². The van der Waals surface area contributed by atoms with Crippen molar-refractivity contribution in [1.29, 1.82) is 0 Å². The van der Waals surface area contributed by atoms with Gasteiger partial charge in [0.15, 0.2) is 21.4 Å². The van der Waals surface area contributed by atoms with Gasteiger partial charge in [-0.25, -0.2) is 8.42 Å². The number of nitrogens with one attached hydrogen (secondary N) is 1. The van der Waals surface area contributed by atoms with E-state index in [2.05, 4.69) is 47.7 Å². The normalized spacial score (nSPS) is 16.2. The molecule has 2 heterocycles. The van der Waals surface area contributed by atoms with Gasteiger partial charge in [0.1, 0.15) is 11.5 Å². The Morgan fingerprint density at radius 3 is 2.50 bits per heavy atom. The maximum absolute atomic E-state index is 11.8. The molecule has 1 N–H and O–H groups in total. The summed E-state index contributed by atoms with van der Waals surface area (Å²) >= 11 is 0. The van der Waals surface area contributed by atoms with Crippen LogP contribution in [0.4, 0.5) is 0 Å². The van der Waals surface area contributed by atoms with E-state index >= 15 is 0 Å². The average Bonchev–Trinajstić information content (AvgIpc) is 3.46. The van der Waals surface area contributed by atoms with E-state index in [1.165, 1.54) is 17.4 Å². The second-order valence-corrected chi connectivity index (χ2v) is 13.6. The second kappa shape index (κ2) is 16.3. The molecule has 8 heteroatoms. The minimum atomic E-state index is -3.11. The molecule has 2 aromatic carbocycles. The minimum absolute atomic E-state index is 0.00493. The van der Waals surface area contributed by atoms with Crippen LogP contribution < -0.4 is 10.1 Å². The van der Waals surface area contributed by atoms with Crippen molar-refractivity contribution in [3.63, 3.8) is 0 Å². The van der Waals surface area contributed by atoms with Crippen molar-refractivity contribution in [2.75, 3.05) is 32.8 Å². The third-order valence-corrected chi connectivity index (χ3v) is 8.93. The number of sulfone groups is 1. The lowest BCUT2D eigenvalue weighted by molar-refractivity contribution is 0.221. The van der Waals surface area contributed by atoms with Gasteiger partial charge in [0.25, 0.3) is 0 Å². The summed E-state index contributed by atoms with van der Waals surface area (Å²) in [6, 6.07) is 22.4. The molecule has 244 valence electrons. The van der Waals surface area contributed by atoms with Crippen molar-refractivity contribution >= 4 is 15.4 Å². The molecule has 0 radical (unpaired) electrons. The Balaban J connectivity index is 1.62. The standard InChI is InChI=1S/C38H46N2O5S/c1-7-30(15-13-25-46(6,41)42)36-20-21-37(32-14-11-18-34(26-32)45-33-16-9-8-10-17-33)40(36)24-12-19-35-28(2)31(22-23-39-35)27-38(44-5)29(3)43-4/h7-11,13-18,20-21,26-27,35,39H,3,12,19,22-25H2,1-2,4-6H3/b15-13-,30-7+,38-27+. The van der Waals surface area contributed by atoms with Crippen molar-refractivity contribution in [2.45, 2.75) is 45.7 Å². The number of ether oxygens (including phenoxy) is 3. The fourth-order valence-corrected chi connectivity index (χ4v) is 6.11. The summed E-state index contributed by atoms with van der Waals surface area (Å²) in [4.78, 5) is 0. The van der Waals surface area contributed by atoms with Crippen LogP contribution in [0.2, 0.25) is 0 Å². The Bertz CT molecular complexity index is 1730. The first-order chi connectivity index (χ1) is 22.1. The lowest BCUT2D eigenvalue weighted by Crippen LogP contribution is -2.35. The van der Waals surface area contributed by atoms with Gasteiger partial charge >= 0.3 is 0 Å². The molecule has 3 aromatic rings. The first kappa shape index (κ1) is 34.6. The van der Waals surface area contributed by atoms with Gasteiger partial charge in [-0.05, 0) is 93.3 Å². The van der Waals surface area contributed by atoms with Crippen LogP contribution in [0.3, 0.4) is 0 Å². The molecule has 46 heavy (non-hydrogen) atoms. The molecule has 1 atom stereocenters. The van der Waals surface area contributed by atoms with E-state index in [0.717, 1.165) is 66.4 Å². The van der Waals surface area contributed by atoms with Crippen molar-refractivity contribution in [3.8, 4) is 22.8 Å². The first-order valence-electron chi connectivity index (χ1n) is 15.6. The highest BCUT2D eigenvalue weighted by Crippen LogP contribution is 2.32. The zero-order chi connectivity index (χ0) is 33.1. The smallest absolute Gasteiger partial charge is 0.160 e. The van der Waals surface area contributed by atoms with Crippen molar-refractivity contribution in [2.24, 2.45) is 0 Å². The van der Waals surface area contributed by atoms with E-state index in [0.29, 0.717) is 11.5 Å². The Morgan fingerprint density at radius 1 is 1.04 bits per heavy atom. The topological polar surface area (TPSA) is 78.8 Å². The molecule has 4 rings (SSSR count). The summed E-state index contributed by atoms with van der Waals surface area (Å²) in [6.45, 7) is 9.77. The fraction of sp³-hybridized carbons (Fsp3) is 0.316. The predicted molar refractivity (Wildman–Crippen MR) is 188 cm³/mol. The Hall–Kier alpha value is -4.27. The molecule has 0 aliphatic carbocycles. The average molecular weight is 643 g/mol. The Kier molecular flexibility index (Phi) is 12.3. The molecule has 0 saturated heterocycles. The number of hydrogen-bond acceptors (Lipinski definition) is 6. The SMILES string of the molecule is C=C(OC)/C(=C\C1=C(C)C(CCCn2c(C(/C=C\CS(C)(=O)=O)=C/C)ccc2-c2cccc(Oc3ccccc3)c2)NCC1)OC. The fourth-order valence-electron chi connectivity index (χ4n) is 5.66. The summed E-state index contributed by atoms with van der Waals surface area (Å²) in [7, 11) is 0.120. The largest absolute Gasteiger partial charge is 0.494 e. The highest BCUT2D eigenvalue weighted by atomic mass is 32.2. The van der Waals surface area contributed by atoms with Crippen LogP contribution in [-0.2, 0) is 25.9 Å². The molecule has 0 fully saturated rings. The summed E-state index contributed by atoms with van der Waals surface area (Å²) < 4.78 is 42.9. The molecule has 1 aliphatic rings. The minimum Gasteiger partial charge on any atom is -0.494 e. The number of para-hydroxylation sites is 1. The Morgan fingerprint density at radius 2 is 1.80 bits per heavy atom. The van der Waals surface area contributed by atoms with Gasteiger partial charge in [-0.1, -0.05) is 60.7 Å². The monoisotopic (exact) mass is 642 g/mol. The van der Waals surface area contributed by atoms with Crippen molar-refractivity contribution in [3.05, 3.63) is 126 Å². The zero-order valence-electron chi connectivity index (χ0n) is 27.6. The third-order valence-electron chi connectivity index (χ3n) is 8.13. The molecular weight excluding hydrogens is 596 g/mol. The molecule has 0 saturated carbocycles. The third kappa shape index (κ3) is 9.37. The lowest BCUT2D eigenvalue weighted by Gasteiger charge is -2.28. The predicted octanol–water partition coefficient (Wildman–Crippen LogP) is 8.10. The second-order valence-electron chi connectivity index (χ2n) is 11.4. The van der Waals surface area contributed by atoms with Crippen molar-refractivity contribution < 1.29 is 22.6 Å². The molecule has 1 aliphatic heterocycles. The van der Waals surface area contributed by atoms with Crippen molar-refractivity contribution in [1.82, 2.24) is 9.88 Å². The molecule has 1 unspecified atom stereocenters. The molecule has 1 aromatic heterocycles. The van der Waals surface area contributed by atoms with E-state index in [4.69, 9.17) is 14.2 Å². The maximum atomic E-state index is 11.8. The summed E-state index contributed by atoms with van der Waals surface area (Å²) in [5.41, 5.74) is 6.65. The lowest BCUT2D eigenvalue weighted by atomic mass is 9.92. The first-order valence-corrected chi connectivity index (χ1v) is 17.6. The van der Waals surface area contributed by atoms with E-state index in [1.807, 2.05) is 67.6 Å². The molecule has 0 amide bonds.